The maximum absolute atomic E-state index is 10.9. The molecule has 0 aromatic rings. The van der Waals surface area contributed by atoms with E-state index in [0.29, 0.717) is 12.8 Å². The van der Waals surface area contributed by atoms with E-state index in [0.717, 1.165) is 0 Å². The van der Waals surface area contributed by atoms with Gasteiger partial charge in [0.1, 0.15) is 0 Å². The number of amides is 1. The molecular formula is C8H13NO4. The lowest BCUT2D eigenvalue weighted by Gasteiger charge is -2.10. The summed E-state index contributed by atoms with van der Waals surface area (Å²) in [5, 5.41) is 17.6. The number of carboxylic acids is 1. The van der Waals surface area contributed by atoms with E-state index in [1.165, 1.54) is 0 Å². The second-order valence-corrected chi connectivity index (χ2v) is 3.47. The smallest absolute Gasteiger partial charge is 0.307 e. The number of carbonyl (C=O) groups is 2. The van der Waals surface area contributed by atoms with Crippen LogP contribution >= 0.6 is 0 Å². The summed E-state index contributed by atoms with van der Waals surface area (Å²) in [5.41, 5.74) is 5.06. The first kappa shape index (κ1) is 9.98. The number of hydrogen-bond donors (Lipinski definition) is 3. The molecule has 5 nitrogen and oxygen atoms in total. The summed E-state index contributed by atoms with van der Waals surface area (Å²) in [7, 11) is 0. The Morgan fingerprint density at radius 1 is 1.31 bits per heavy atom. The standard InChI is InChI=1S/C8H13NO4/c9-7(11)5-1-4(3-10)2-6(5)8(12)13/h4-6,10H,1-3H2,(H2,9,11)(H,12,13)/t4-,5+,6+/m0/s1. The van der Waals surface area contributed by atoms with Gasteiger partial charge in [-0.3, -0.25) is 9.59 Å². The molecule has 0 heterocycles. The van der Waals surface area contributed by atoms with Gasteiger partial charge < -0.3 is 15.9 Å². The highest BCUT2D eigenvalue weighted by Gasteiger charge is 2.41. The van der Waals surface area contributed by atoms with Crippen molar-refractivity contribution in [1.29, 1.82) is 0 Å². The zero-order valence-corrected chi connectivity index (χ0v) is 7.14. The molecule has 1 aliphatic carbocycles. The van der Waals surface area contributed by atoms with Crippen molar-refractivity contribution in [3.63, 3.8) is 0 Å². The molecule has 0 bridgehead atoms. The number of carboxylic acid groups (broad SMARTS) is 1. The molecule has 0 saturated heterocycles. The van der Waals surface area contributed by atoms with Crippen molar-refractivity contribution in [3.8, 4) is 0 Å². The van der Waals surface area contributed by atoms with E-state index in [4.69, 9.17) is 15.9 Å². The van der Waals surface area contributed by atoms with Gasteiger partial charge in [-0.1, -0.05) is 0 Å². The highest BCUT2D eigenvalue weighted by Crippen LogP contribution is 2.36. The average Bonchev–Trinajstić information content (AvgIpc) is 2.47. The van der Waals surface area contributed by atoms with Crippen molar-refractivity contribution in [3.05, 3.63) is 0 Å². The van der Waals surface area contributed by atoms with Gasteiger partial charge in [0.2, 0.25) is 5.91 Å². The van der Waals surface area contributed by atoms with Crippen LogP contribution in [-0.2, 0) is 9.59 Å². The van der Waals surface area contributed by atoms with Crippen LogP contribution in [0.4, 0.5) is 0 Å². The molecule has 0 aromatic heterocycles. The first-order valence-electron chi connectivity index (χ1n) is 4.19. The minimum Gasteiger partial charge on any atom is -0.481 e. The van der Waals surface area contributed by atoms with Crippen LogP contribution in [-0.4, -0.2) is 28.7 Å². The van der Waals surface area contributed by atoms with Crippen LogP contribution < -0.4 is 5.73 Å². The van der Waals surface area contributed by atoms with Gasteiger partial charge >= 0.3 is 5.97 Å². The summed E-state index contributed by atoms with van der Waals surface area (Å²) < 4.78 is 0. The third-order valence-electron chi connectivity index (χ3n) is 2.60. The second kappa shape index (κ2) is 3.74. The number of aliphatic carboxylic acids is 1. The van der Waals surface area contributed by atoms with Crippen LogP contribution in [0.3, 0.4) is 0 Å². The number of rotatable bonds is 3. The van der Waals surface area contributed by atoms with Gasteiger partial charge in [-0.05, 0) is 18.8 Å². The minimum absolute atomic E-state index is 0.0758. The molecule has 74 valence electrons. The molecule has 1 fully saturated rings. The van der Waals surface area contributed by atoms with E-state index in [2.05, 4.69) is 0 Å². The Kier molecular flexibility index (Phi) is 2.87. The fraction of sp³-hybridized carbons (Fsp3) is 0.750. The molecule has 1 saturated carbocycles. The van der Waals surface area contributed by atoms with E-state index >= 15 is 0 Å². The predicted molar refractivity (Wildman–Crippen MR) is 43.6 cm³/mol. The summed E-state index contributed by atoms with van der Waals surface area (Å²) in [4.78, 5) is 21.5. The normalized spacial score (nSPS) is 33.2. The van der Waals surface area contributed by atoms with E-state index in [-0.39, 0.29) is 12.5 Å². The van der Waals surface area contributed by atoms with E-state index in [1.807, 2.05) is 0 Å². The van der Waals surface area contributed by atoms with Gasteiger partial charge in [0.15, 0.2) is 0 Å². The molecule has 0 radical (unpaired) electrons. The van der Waals surface area contributed by atoms with Crippen molar-refractivity contribution in [2.45, 2.75) is 12.8 Å². The number of aliphatic hydroxyl groups is 1. The summed E-state index contributed by atoms with van der Waals surface area (Å²) in [6.45, 7) is -0.0758. The number of primary amides is 1. The monoisotopic (exact) mass is 187 g/mol. The SMILES string of the molecule is NC(=O)[C@@H]1C[C@H](CO)C[C@H]1C(=O)O. The molecule has 1 aliphatic rings. The minimum atomic E-state index is -1.00. The molecule has 1 rings (SSSR count). The third-order valence-corrected chi connectivity index (χ3v) is 2.60. The number of aliphatic hydroxyl groups excluding tert-OH is 1. The zero-order chi connectivity index (χ0) is 10.0. The van der Waals surface area contributed by atoms with Crippen molar-refractivity contribution in [1.82, 2.24) is 0 Å². The van der Waals surface area contributed by atoms with Gasteiger partial charge in [-0.15, -0.1) is 0 Å². The topological polar surface area (TPSA) is 101 Å². The largest absolute Gasteiger partial charge is 0.481 e. The van der Waals surface area contributed by atoms with E-state index in [9.17, 15) is 9.59 Å². The van der Waals surface area contributed by atoms with Crippen molar-refractivity contribution < 1.29 is 19.8 Å². The Hall–Kier alpha value is -1.10. The maximum Gasteiger partial charge on any atom is 0.307 e. The van der Waals surface area contributed by atoms with Crippen molar-refractivity contribution in [2.24, 2.45) is 23.5 Å². The van der Waals surface area contributed by atoms with Gasteiger partial charge in [-0.2, -0.15) is 0 Å². The number of hydrogen-bond acceptors (Lipinski definition) is 3. The summed E-state index contributed by atoms with van der Waals surface area (Å²) >= 11 is 0. The average molecular weight is 187 g/mol. The Balaban J connectivity index is 2.71. The van der Waals surface area contributed by atoms with Crippen LogP contribution in [0, 0.1) is 17.8 Å². The molecule has 0 spiro atoms. The lowest BCUT2D eigenvalue weighted by Crippen LogP contribution is -2.30. The third kappa shape index (κ3) is 1.98. The first-order valence-corrected chi connectivity index (χ1v) is 4.19. The Morgan fingerprint density at radius 2 is 1.85 bits per heavy atom. The van der Waals surface area contributed by atoms with Gasteiger partial charge in [-0.25, -0.2) is 0 Å². The molecule has 13 heavy (non-hydrogen) atoms. The zero-order valence-electron chi connectivity index (χ0n) is 7.14. The highest BCUT2D eigenvalue weighted by atomic mass is 16.4. The number of carbonyl (C=O) groups excluding carboxylic acids is 1. The fourth-order valence-corrected chi connectivity index (χ4v) is 1.88. The molecule has 3 atom stereocenters. The Labute approximate surface area is 75.5 Å². The first-order chi connectivity index (χ1) is 6.06. The van der Waals surface area contributed by atoms with E-state index < -0.39 is 23.7 Å². The fourth-order valence-electron chi connectivity index (χ4n) is 1.88. The molecule has 1 amide bonds. The molecule has 0 aromatic carbocycles. The highest BCUT2D eigenvalue weighted by molar-refractivity contribution is 5.84. The van der Waals surface area contributed by atoms with Crippen LogP contribution in [0.5, 0.6) is 0 Å². The van der Waals surface area contributed by atoms with Crippen LogP contribution in [0.1, 0.15) is 12.8 Å². The van der Waals surface area contributed by atoms with Crippen LogP contribution in [0.15, 0.2) is 0 Å². The quantitative estimate of drug-likeness (QED) is 0.538. The van der Waals surface area contributed by atoms with Gasteiger partial charge in [0.25, 0.3) is 0 Å². The molecule has 0 aliphatic heterocycles. The predicted octanol–water partition coefficient (Wildman–Crippen LogP) is -0.809. The van der Waals surface area contributed by atoms with Crippen molar-refractivity contribution >= 4 is 11.9 Å². The van der Waals surface area contributed by atoms with Crippen LogP contribution in [0.25, 0.3) is 0 Å². The van der Waals surface area contributed by atoms with Crippen molar-refractivity contribution in [2.75, 3.05) is 6.61 Å². The maximum atomic E-state index is 10.9. The summed E-state index contributed by atoms with van der Waals surface area (Å²) in [6.07, 6.45) is 0.738. The second-order valence-electron chi connectivity index (χ2n) is 3.47. The molecule has 0 unspecified atom stereocenters. The lowest BCUT2D eigenvalue weighted by atomic mass is 9.96. The molecular weight excluding hydrogens is 174 g/mol. The Morgan fingerprint density at radius 3 is 2.15 bits per heavy atom. The van der Waals surface area contributed by atoms with Crippen LogP contribution in [0.2, 0.25) is 0 Å². The van der Waals surface area contributed by atoms with Gasteiger partial charge in [0.05, 0.1) is 11.8 Å². The molecule has 5 heteroatoms. The van der Waals surface area contributed by atoms with E-state index in [1.54, 1.807) is 0 Å². The lowest BCUT2D eigenvalue weighted by molar-refractivity contribution is -0.145. The Bertz CT molecular complexity index is 206. The van der Waals surface area contributed by atoms with Gasteiger partial charge in [0, 0.05) is 6.61 Å². The summed E-state index contributed by atoms with van der Waals surface area (Å²) in [6, 6.07) is 0. The summed E-state index contributed by atoms with van der Waals surface area (Å²) in [5.74, 6) is -3.01. The number of nitrogens with two attached hydrogens (primary N) is 1. The molecule has 4 N–H and O–H groups in total.